The zero-order valence-corrected chi connectivity index (χ0v) is 22.5. The largest absolute Gasteiger partial charge is 0.356 e. The van der Waals surface area contributed by atoms with Gasteiger partial charge in [-0.25, -0.2) is 0 Å². The SMILES string of the molecule is CCN1CCN(Cc2ccccc2CNC(=NC)NCC2CC(=O)Nc3ccccc32)CC1.I. The first-order valence-corrected chi connectivity index (χ1v) is 12.0. The molecule has 2 aliphatic heterocycles. The first-order chi connectivity index (χ1) is 16.2. The second-order valence-electron chi connectivity index (χ2n) is 8.82. The van der Waals surface area contributed by atoms with Crippen LogP contribution in [0.3, 0.4) is 0 Å². The van der Waals surface area contributed by atoms with Gasteiger partial charge < -0.3 is 20.9 Å². The van der Waals surface area contributed by atoms with Gasteiger partial charge in [0.1, 0.15) is 0 Å². The van der Waals surface area contributed by atoms with E-state index in [9.17, 15) is 4.79 Å². The zero-order chi connectivity index (χ0) is 23.0. The van der Waals surface area contributed by atoms with E-state index in [4.69, 9.17) is 0 Å². The van der Waals surface area contributed by atoms with Gasteiger partial charge >= 0.3 is 0 Å². The van der Waals surface area contributed by atoms with Gasteiger partial charge in [0.25, 0.3) is 0 Å². The van der Waals surface area contributed by atoms with E-state index in [1.807, 2.05) is 18.2 Å². The molecule has 1 atom stereocenters. The maximum atomic E-state index is 12.1. The first-order valence-electron chi connectivity index (χ1n) is 12.0. The number of halogens is 1. The maximum absolute atomic E-state index is 12.1. The summed E-state index contributed by atoms with van der Waals surface area (Å²) in [6.07, 6.45) is 0.481. The van der Waals surface area contributed by atoms with Crippen LogP contribution in [0.15, 0.2) is 53.5 Å². The number of carbonyl (C=O) groups is 1. The number of amides is 1. The van der Waals surface area contributed by atoms with Gasteiger partial charge in [-0.2, -0.15) is 0 Å². The first kappa shape index (κ1) is 26.4. The minimum absolute atomic E-state index is 0. The summed E-state index contributed by atoms with van der Waals surface area (Å²) in [6, 6.07) is 16.7. The predicted molar refractivity (Wildman–Crippen MR) is 150 cm³/mol. The van der Waals surface area contributed by atoms with E-state index in [0.717, 1.165) is 50.9 Å². The van der Waals surface area contributed by atoms with Gasteiger partial charge in [-0.05, 0) is 29.3 Å². The van der Waals surface area contributed by atoms with Crippen LogP contribution in [0.2, 0.25) is 0 Å². The normalized spacial score (nSPS) is 19.1. The third-order valence-corrected chi connectivity index (χ3v) is 6.72. The summed E-state index contributed by atoms with van der Waals surface area (Å²) in [5.74, 6) is 0.949. The molecule has 1 amide bonds. The monoisotopic (exact) mass is 576 g/mol. The predicted octanol–water partition coefficient (Wildman–Crippen LogP) is 3.23. The Morgan fingerprint density at radius 2 is 1.68 bits per heavy atom. The molecule has 1 saturated heterocycles. The van der Waals surface area contributed by atoms with E-state index in [-0.39, 0.29) is 35.8 Å². The van der Waals surface area contributed by atoms with Crippen LogP contribution >= 0.6 is 24.0 Å². The number of para-hydroxylation sites is 1. The van der Waals surface area contributed by atoms with Crippen molar-refractivity contribution >= 4 is 41.5 Å². The van der Waals surface area contributed by atoms with E-state index in [1.165, 1.54) is 16.7 Å². The van der Waals surface area contributed by atoms with E-state index in [2.05, 4.69) is 68.0 Å². The molecule has 0 radical (unpaired) electrons. The molecule has 0 saturated carbocycles. The Morgan fingerprint density at radius 3 is 2.41 bits per heavy atom. The van der Waals surface area contributed by atoms with Crippen LogP contribution in [0.25, 0.3) is 0 Å². The Balaban J connectivity index is 0.00000324. The lowest BCUT2D eigenvalue weighted by Crippen LogP contribution is -2.45. The highest BCUT2D eigenvalue weighted by atomic mass is 127. The molecular weight excluding hydrogens is 539 g/mol. The molecule has 184 valence electrons. The van der Waals surface area contributed by atoms with Crippen molar-refractivity contribution in [1.82, 2.24) is 20.4 Å². The van der Waals surface area contributed by atoms with Crippen molar-refractivity contribution in [1.29, 1.82) is 0 Å². The summed E-state index contributed by atoms with van der Waals surface area (Å²) in [5.41, 5.74) is 4.75. The number of hydrogen-bond acceptors (Lipinski definition) is 4. The maximum Gasteiger partial charge on any atom is 0.225 e. The van der Waals surface area contributed by atoms with Crippen molar-refractivity contribution in [3.63, 3.8) is 0 Å². The Kier molecular flexibility index (Phi) is 10.2. The lowest BCUT2D eigenvalue weighted by Gasteiger charge is -2.34. The highest BCUT2D eigenvalue weighted by Gasteiger charge is 2.24. The quantitative estimate of drug-likeness (QED) is 0.268. The second kappa shape index (κ2) is 13.1. The van der Waals surface area contributed by atoms with Gasteiger partial charge in [-0.15, -0.1) is 24.0 Å². The average Bonchev–Trinajstić information content (AvgIpc) is 2.85. The third-order valence-electron chi connectivity index (χ3n) is 6.72. The second-order valence-corrected chi connectivity index (χ2v) is 8.82. The van der Waals surface area contributed by atoms with Crippen molar-refractivity contribution in [3.8, 4) is 0 Å². The zero-order valence-electron chi connectivity index (χ0n) is 20.2. The van der Waals surface area contributed by atoms with Crippen LogP contribution in [0, 0.1) is 0 Å². The van der Waals surface area contributed by atoms with E-state index in [1.54, 1.807) is 7.05 Å². The van der Waals surface area contributed by atoms with Crippen LogP contribution in [0.4, 0.5) is 5.69 Å². The highest BCUT2D eigenvalue weighted by molar-refractivity contribution is 14.0. The summed E-state index contributed by atoms with van der Waals surface area (Å²) in [7, 11) is 1.79. The lowest BCUT2D eigenvalue weighted by atomic mass is 9.90. The molecule has 3 N–H and O–H groups in total. The van der Waals surface area contributed by atoms with Crippen LogP contribution in [-0.4, -0.2) is 68.0 Å². The lowest BCUT2D eigenvalue weighted by molar-refractivity contribution is -0.116. The number of likely N-dealkylation sites (N-methyl/N-ethyl adjacent to an activating group) is 1. The number of guanidine groups is 1. The average molecular weight is 577 g/mol. The van der Waals surface area contributed by atoms with Crippen molar-refractivity contribution in [2.45, 2.75) is 32.4 Å². The smallest absolute Gasteiger partial charge is 0.225 e. The van der Waals surface area contributed by atoms with Crippen LogP contribution in [-0.2, 0) is 17.9 Å². The number of benzene rings is 2. The number of nitrogens with zero attached hydrogens (tertiary/aromatic N) is 3. The summed E-state index contributed by atoms with van der Waals surface area (Å²) < 4.78 is 0. The molecule has 0 aromatic heterocycles. The Bertz CT molecular complexity index is 973. The molecule has 2 heterocycles. The van der Waals surface area contributed by atoms with E-state index in [0.29, 0.717) is 19.5 Å². The summed E-state index contributed by atoms with van der Waals surface area (Å²) in [6.45, 7) is 10.3. The van der Waals surface area contributed by atoms with Gasteiger partial charge in [-0.3, -0.25) is 14.7 Å². The topological polar surface area (TPSA) is 72.0 Å². The number of rotatable bonds is 7. The molecular formula is C26H37IN6O. The molecule has 4 rings (SSSR count). The van der Waals surface area contributed by atoms with Crippen molar-refractivity contribution in [3.05, 3.63) is 65.2 Å². The van der Waals surface area contributed by atoms with Gasteiger partial charge in [0.2, 0.25) is 5.91 Å². The van der Waals surface area contributed by atoms with Gasteiger partial charge in [0.05, 0.1) is 0 Å². The summed E-state index contributed by atoms with van der Waals surface area (Å²) >= 11 is 0. The summed E-state index contributed by atoms with van der Waals surface area (Å²) in [5, 5.41) is 9.86. The number of anilines is 1. The van der Waals surface area contributed by atoms with Crippen molar-refractivity contribution < 1.29 is 4.79 Å². The Hall–Kier alpha value is -2.17. The number of piperazine rings is 1. The molecule has 1 fully saturated rings. The number of fused-ring (bicyclic) bond motifs is 1. The van der Waals surface area contributed by atoms with Gasteiger partial charge in [0.15, 0.2) is 5.96 Å². The highest BCUT2D eigenvalue weighted by Crippen LogP contribution is 2.31. The third kappa shape index (κ3) is 6.93. The molecule has 7 nitrogen and oxygen atoms in total. The van der Waals surface area contributed by atoms with E-state index >= 15 is 0 Å². The number of hydrogen-bond donors (Lipinski definition) is 3. The van der Waals surface area contributed by atoms with Crippen LogP contribution in [0.5, 0.6) is 0 Å². The molecule has 8 heteroatoms. The molecule has 2 aromatic rings. The molecule has 34 heavy (non-hydrogen) atoms. The molecule has 0 bridgehead atoms. The Morgan fingerprint density at radius 1 is 1.00 bits per heavy atom. The van der Waals surface area contributed by atoms with Crippen molar-refractivity contribution in [2.24, 2.45) is 4.99 Å². The van der Waals surface area contributed by atoms with E-state index < -0.39 is 0 Å². The number of nitrogens with one attached hydrogen (secondary N) is 3. The van der Waals surface area contributed by atoms with Crippen LogP contribution in [0.1, 0.15) is 36.0 Å². The van der Waals surface area contributed by atoms with Gasteiger partial charge in [-0.1, -0.05) is 49.4 Å². The summed E-state index contributed by atoms with van der Waals surface area (Å²) in [4.78, 5) is 21.6. The molecule has 2 aliphatic rings. The fourth-order valence-corrected chi connectivity index (χ4v) is 4.69. The minimum atomic E-state index is 0. The molecule has 0 spiro atoms. The number of carbonyl (C=O) groups excluding carboxylic acids is 1. The van der Waals surface area contributed by atoms with Gasteiger partial charge in [0, 0.05) is 70.9 Å². The fraction of sp³-hybridized carbons (Fsp3) is 0.462. The molecule has 1 unspecified atom stereocenters. The fourth-order valence-electron chi connectivity index (χ4n) is 4.69. The molecule has 2 aromatic carbocycles. The number of aliphatic imine (C=N–C) groups is 1. The minimum Gasteiger partial charge on any atom is -0.356 e. The molecule has 0 aliphatic carbocycles. The Labute approximate surface area is 220 Å². The van der Waals surface area contributed by atoms with Crippen molar-refractivity contribution in [2.75, 3.05) is 51.6 Å². The standard InChI is InChI=1S/C26H36N6O.HI/c1-3-31-12-14-32(15-13-31)19-21-9-5-4-8-20(21)17-28-26(27-2)29-18-22-16-25(33)30-24-11-7-6-10-23(22)24;/h4-11,22H,3,12-19H2,1-2H3,(H,30,33)(H2,27,28,29);1H. The van der Waals surface area contributed by atoms with Crippen LogP contribution < -0.4 is 16.0 Å².